The molecule has 52 valence electrons. The molecule has 0 N–H and O–H groups in total. The minimum Gasteiger partial charge on any atom is -0.550 e. The normalized spacial score (nSPS) is 6.33. The van der Waals surface area contributed by atoms with Crippen LogP contribution in [0.5, 0.6) is 0 Å². The van der Waals surface area contributed by atoms with Crippen molar-refractivity contribution in [2.24, 2.45) is 0 Å². The van der Waals surface area contributed by atoms with Crippen LogP contribution in [0.3, 0.4) is 0 Å². The molecule has 9 heavy (non-hydrogen) atoms. The highest BCUT2D eigenvalue weighted by Crippen LogP contribution is 1.47. The third-order valence-electron chi connectivity index (χ3n) is 0.167. The Hall–Kier alpha value is -1.32. The fourth-order valence-corrected chi connectivity index (χ4v) is 0. The first-order valence-corrected chi connectivity index (χ1v) is 2.01. The third-order valence-corrected chi connectivity index (χ3v) is 0.167. The molecule has 0 aromatic heterocycles. The molecule has 4 heteroatoms. The van der Waals surface area contributed by atoms with Crippen molar-refractivity contribution in [3.8, 4) is 0 Å². The Bertz CT molecular complexity index is 112. The van der Waals surface area contributed by atoms with Crippen LogP contribution in [0.25, 0.3) is 0 Å². The van der Waals surface area contributed by atoms with Crippen LogP contribution in [0.4, 0.5) is 0 Å². The molecule has 0 radical (unpaired) electrons. The molecule has 0 aliphatic heterocycles. The van der Waals surface area contributed by atoms with Crippen LogP contribution in [0.15, 0.2) is 12.7 Å². The van der Waals surface area contributed by atoms with Crippen LogP contribution in [0, 0.1) is 0 Å². The Balaban J connectivity index is 0. The summed E-state index contributed by atoms with van der Waals surface area (Å²) in [6, 6.07) is 0. The quantitative estimate of drug-likeness (QED) is 0.373. The van der Waals surface area contributed by atoms with Crippen LogP contribution in [-0.4, -0.2) is 11.9 Å². The number of carboxylic acid groups (broad SMARTS) is 2. The average molecular weight is 130 g/mol. The SMILES string of the molecule is C=CC(=O)[O-].CC(=O)[O-]. The topological polar surface area (TPSA) is 80.3 Å². The lowest BCUT2D eigenvalue weighted by Gasteiger charge is -1.81. The van der Waals surface area contributed by atoms with Crippen LogP contribution < -0.4 is 10.2 Å². The summed E-state index contributed by atoms with van der Waals surface area (Å²) in [5.74, 6) is -2.31. The van der Waals surface area contributed by atoms with Crippen molar-refractivity contribution in [1.29, 1.82) is 0 Å². The van der Waals surface area contributed by atoms with Gasteiger partial charge in [-0.25, -0.2) is 0 Å². The Morgan fingerprint density at radius 3 is 1.56 bits per heavy atom. The summed E-state index contributed by atoms with van der Waals surface area (Å²) in [5, 5.41) is 18.0. The van der Waals surface area contributed by atoms with E-state index in [-0.39, 0.29) is 0 Å². The lowest BCUT2D eigenvalue weighted by molar-refractivity contribution is -0.302. The predicted molar refractivity (Wildman–Crippen MR) is 25.9 cm³/mol. The zero-order chi connectivity index (χ0) is 7.86. The first-order valence-electron chi connectivity index (χ1n) is 2.01. The molecule has 0 saturated carbocycles. The summed E-state index contributed by atoms with van der Waals surface area (Å²) in [4.78, 5) is 18.0. The van der Waals surface area contributed by atoms with Crippen molar-refractivity contribution in [2.45, 2.75) is 6.92 Å². The number of rotatable bonds is 1. The molecule has 0 saturated heterocycles. The Labute approximate surface area is 52.4 Å². The van der Waals surface area contributed by atoms with Gasteiger partial charge in [0, 0.05) is 5.97 Å². The molecule has 0 aliphatic carbocycles. The predicted octanol–water partition coefficient (Wildman–Crippen LogP) is -2.32. The molecular formula is C5H6O4-2. The van der Waals surface area contributed by atoms with Gasteiger partial charge in [0.05, 0.1) is 5.97 Å². The number of carbonyl (C=O) groups is 2. The average Bonchev–Trinajstić information content (AvgIpc) is 1.65. The molecule has 0 bridgehead atoms. The zero-order valence-electron chi connectivity index (χ0n) is 4.92. The van der Waals surface area contributed by atoms with E-state index in [1.165, 1.54) is 0 Å². The molecule has 0 unspecified atom stereocenters. The fourth-order valence-electron chi connectivity index (χ4n) is 0. The van der Waals surface area contributed by atoms with Gasteiger partial charge in [-0.2, -0.15) is 0 Å². The Morgan fingerprint density at radius 1 is 1.44 bits per heavy atom. The number of carboxylic acids is 2. The summed E-state index contributed by atoms with van der Waals surface area (Å²) in [6.07, 6.45) is 0.722. The largest absolute Gasteiger partial charge is 0.550 e. The van der Waals surface area contributed by atoms with Gasteiger partial charge in [0.15, 0.2) is 0 Å². The Morgan fingerprint density at radius 2 is 1.56 bits per heavy atom. The number of aliphatic carboxylic acids is 2. The molecule has 0 aromatic rings. The molecule has 0 heterocycles. The monoisotopic (exact) mass is 130 g/mol. The minimum atomic E-state index is -1.23. The maximum absolute atomic E-state index is 9.14. The summed E-state index contributed by atoms with van der Waals surface area (Å²) >= 11 is 0. The number of hydrogen-bond donors (Lipinski definition) is 0. The fraction of sp³-hybridized carbons (Fsp3) is 0.200. The molecule has 0 rings (SSSR count). The van der Waals surface area contributed by atoms with Gasteiger partial charge < -0.3 is 19.8 Å². The van der Waals surface area contributed by atoms with Crippen LogP contribution >= 0.6 is 0 Å². The first kappa shape index (κ1) is 10.6. The van der Waals surface area contributed by atoms with Gasteiger partial charge in [-0.05, 0) is 13.0 Å². The molecule has 0 atom stereocenters. The van der Waals surface area contributed by atoms with Gasteiger partial charge in [-0.3, -0.25) is 0 Å². The second-order valence-corrected chi connectivity index (χ2v) is 1.01. The number of carbonyl (C=O) groups excluding carboxylic acids is 2. The molecule has 0 aliphatic rings. The molecule has 4 nitrogen and oxygen atoms in total. The van der Waals surface area contributed by atoms with E-state index in [4.69, 9.17) is 19.8 Å². The van der Waals surface area contributed by atoms with Crippen molar-refractivity contribution < 1.29 is 19.8 Å². The van der Waals surface area contributed by atoms with Gasteiger partial charge in [-0.15, -0.1) is 0 Å². The van der Waals surface area contributed by atoms with Crippen molar-refractivity contribution in [3.63, 3.8) is 0 Å². The highest BCUT2D eigenvalue weighted by Gasteiger charge is 1.55. The highest BCUT2D eigenvalue weighted by atomic mass is 16.4. The van der Waals surface area contributed by atoms with Gasteiger partial charge in [0.25, 0.3) is 0 Å². The highest BCUT2D eigenvalue weighted by molar-refractivity contribution is 5.76. The van der Waals surface area contributed by atoms with E-state index in [2.05, 4.69) is 6.58 Å². The lowest BCUT2D eigenvalue weighted by atomic mass is 10.7. The third kappa shape index (κ3) is 316. The maximum atomic E-state index is 9.14. The lowest BCUT2D eigenvalue weighted by Crippen LogP contribution is -2.17. The van der Waals surface area contributed by atoms with Crippen LogP contribution in [-0.2, 0) is 9.59 Å². The van der Waals surface area contributed by atoms with E-state index in [0.29, 0.717) is 0 Å². The van der Waals surface area contributed by atoms with E-state index in [1.807, 2.05) is 0 Å². The summed E-state index contributed by atoms with van der Waals surface area (Å²) in [7, 11) is 0. The smallest absolute Gasteiger partial charge is 0.0636 e. The Kier molecular flexibility index (Phi) is 7.88. The van der Waals surface area contributed by atoms with Crippen LogP contribution in [0.2, 0.25) is 0 Å². The molecular weight excluding hydrogens is 124 g/mol. The van der Waals surface area contributed by atoms with Gasteiger partial charge in [0.2, 0.25) is 0 Å². The second-order valence-electron chi connectivity index (χ2n) is 1.01. The van der Waals surface area contributed by atoms with Crippen molar-refractivity contribution in [1.82, 2.24) is 0 Å². The minimum absolute atomic E-state index is 0.722. The standard InChI is InChI=1S/C3H4O2.C2H4O2/c1-2-3(4)5;1-2(3)4/h2H,1H2,(H,4,5);1H3,(H,3,4)/p-2. The molecule has 0 aromatic carbocycles. The molecule has 0 amide bonds. The first-order chi connectivity index (χ1) is 4.00. The van der Waals surface area contributed by atoms with Gasteiger partial charge >= 0.3 is 0 Å². The van der Waals surface area contributed by atoms with Gasteiger partial charge in [-0.1, -0.05) is 6.58 Å². The van der Waals surface area contributed by atoms with E-state index in [1.54, 1.807) is 0 Å². The van der Waals surface area contributed by atoms with E-state index < -0.39 is 11.9 Å². The van der Waals surface area contributed by atoms with Crippen molar-refractivity contribution >= 4 is 11.9 Å². The summed E-state index contributed by atoms with van der Waals surface area (Å²) in [6.45, 7) is 3.87. The maximum Gasteiger partial charge on any atom is 0.0636 e. The van der Waals surface area contributed by atoms with Crippen molar-refractivity contribution in [2.75, 3.05) is 0 Å². The van der Waals surface area contributed by atoms with E-state index in [0.717, 1.165) is 13.0 Å². The van der Waals surface area contributed by atoms with E-state index in [9.17, 15) is 0 Å². The zero-order valence-corrected chi connectivity index (χ0v) is 4.92. The van der Waals surface area contributed by atoms with Gasteiger partial charge in [0.1, 0.15) is 0 Å². The molecule has 0 spiro atoms. The molecule has 0 fully saturated rings. The number of hydrogen-bond acceptors (Lipinski definition) is 4. The summed E-state index contributed by atoms with van der Waals surface area (Å²) in [5.41, 5.74) is 0. The van der Waals surface area contributed by atoms with E-state index >= 15 is 0 Å². The van der Waals surface area contributed by atoms with Crippen molar-refractivity contribution in [3.05, 3.63) is 12.7 Å². The second kappa shape index (κ2) is 6.68. The summed E-state index contributed by atoms with van der Waals surface area (Å²) < 4.78 is 0. The van der Waals surface area contributed by atoms with Crippen LogP contribution in [0.1, 0.15) is 6.92 Å².